The van der Waals surface area contributed by atoms with Crippen molar-refractivity contribution < 1.29 is 35.3 Å². The molecule has 0 radical (unpaired) electrons. The molecule has 0 saturated heterocycles. The highest BCUT2D eigenvalue weighted by molar-refractivity contribution is 7.85. The Hall–Kier alpha value is -2.39. The third kappa shape index (κ3) is 3.26. The molecule has 0 aliphatic carbocycles. The summed E-state index contributed by atoms with van der Waals surface area (Å²) in [4.78, 5) is -2.13. The van der Waals surface area contributed by atoms with Crippen LogP contribution in [-0.2, 0) is 10.1 Å². The average Bonchev–Trinajstić information content (AvgIpc) is 2.53. The fourth-order valence-corrected chi connectivity index (χ4v) is 2.58. The molecule has 24 heavy (non-hydrogen) atoms. The van der Waals surface area contributed by atoms with Crippen molar-refractivity contribution in [3.05, 3.63) is 71.8 Å². The summed E-state index contributed by atoms with van der Waals surface area (Å²) >= 11 is 0. The quantitative estimate of drug-likeness (QED) is 0.380. The van der Waals surface area contributed by atoms with Gasteiger partial charge in [-0.1, -0.05) is 36.9 Å². The van der Waals surface area contributed by atoms with E-state index in [1.807, 2.05) is 0 Å². The van der Waals surface area contributed by atoms with E-state index < -0.39 is 50.1 Å². The van der Waals surface area contributed by atoms with E-state index in [9.17, 15) is 26.0 Å². The minimum atomic E-state index is -5.52. The van der Waals surface area contributed by atoms with Crippen LogP contribution < -0.4 is 4.74 Å². The smallest absolute Gasteiger partial charge is 0.300 e. The van der Waals surface area contributed by atoms with E-state index in [0.717, 1.165) is 6.08 Å². The van der Waals surface area contributed by atoms with Gasteiger partial charge in [-0.2, -0.15) is 17.2 Å². The fourth-order valence-electron chi connectivity index (χ4n) is 1.94. The minimum Gasteiger partial charge on any atom is -0.475 e. The molecule has 1 unspecified atom stereocenters. The predicted octanol–water partition coefficient (Wildman–Crippen LogP) is 3.80. The summed E-state index contributed by atoms with van der Waals surface area (Å²) in [6.07, 6.45) is -0.0358. The molecule has 1 N–H and O–H groups in total. The summed E-state index contributed by atoms with van der Waals surface area (Å²) in [5.41, 5.74) is 0.381. The van der Waals surface area contributed by atoms with Crippen LogP contribution in [0.2, 0.25) is 0 Å². The molecule has 0 amide bonds. The van der Waals surface area contributed by atoms with Crippen molar-refractivity contribution in [3.8, 4) is 5.75 Å². The molecule has 2 aromatic carbocycles. The predicted molar refractivity (Wildman–Crippen MR) is 76.1 cm³/mol. The van der Waals surface area contributed by atoms with Gasteiger partial charge in [-0.15, -0.1) is 0 Å². The molecule has 4 nitrogen and oxygen atoms in total. The Morgan fingerprint density at radius 3 is 1.92 bits per heavy atom. The Kier molecular flexibility index (Phi) is 4.95. The van der Waals surface area contributed by atoms with Crippen LogP contribution in [0, 0.1) is 23.3 Å². The van der Waals surface area contributed by atoms with Crippen LogP contribution in [0.25, 0.3) is 0 Å². The Bertz CT molecular complexity index is 853. The molecule has 0 aliphatic heterocycles. The molecular weight excluding hydrogens is 352 g/mol. The van der Waals surface area contributed by atoms with E-state index in [2.05, 4.69) is 6.58 Å². The van der Waals surface area contributed by atoms with Gasteiger partial charge in [0.25, 0.3) is 0 Å². The normalized spacial score (nSPS) is 12.7. The maximum Gasteiger partial charge on any atom is 0.300 e. The Labute approximate surface area is 134 Å². The molecule has 2 rings (SSSR count). The first-order chi connectivity index (χ1) is 11.2. The molecule has 0 aliphatic rings. The Morgan fingerprint density at radius 2 is 1.50 bits per heavy atom. The lowest BCUT2D eigenvalue weighted by Crippen LogP contribution is -2.14. The standard InChI is InChI=1S/C15H10F4O4S/c1-2-9(8-6-4-3-5-7-8)23-14-10(16)12(18)15(24(20,21)22)13(19)11(14)17/h2-7,9H,1H2,(H,20,21,22). The van der Waals surface area contributed by atoms with Crippen LogP contribution in [0.4, 0.5) is 17.6 Å². The zero-order valence-corrected chi connectivity index (χ0v) is 12.7. The highest BCUT2D eigenvalue weighted by Crippen LogP contribution is 2.35. The molecule has 0 aromatic heterocycles. The second kappa shape index (κ2) is 6.62. The largest absolute Gasteiger partial charge is 0.475 e. The summed E-state index contributed by atoms with van der Waals surface area (Å²) < 4.78 is 90.7. The molecule has 0 fully saturated rings. The van der Waals surface area contributed by atoms with Crippen molar-refractivity contribution in [2.45, 2.75) is 11.0 Å². The van der Waals surface area contributed by atoms with Crippen LogP contribution in [0.5, 0.6) is 5.75 Å². The molecular formula is C15H10F4O4S. The third-order valence-electron chi connectivity index (χ3n) is 3.03. The summed E-state index contributed by atoms with van der Waals surface area (Å²) in [6, 6.07) is 7.86. The van der Waals surface area contributed by atoms with Crippen LogP contribution in [0.15, 0.2) is 47.9 Å². The van der Waals surface area contributed by atoms with Gasteiger partial charge < -0.3 is 4.74 Å². The first kappa shape index (κ1) is 18.0. The van der Waals surface area contributed by atoms with E-state index in [1.165, 1.54) is 12.1 Å². The van der Waals surface area contributed by atoms with Crippen LogP contribution in [-0.4, -0.2) is 13.0 Å². The first-order valence-electron chi connectivity index (χ1n) is 6.36. The monoisotopic (exact) mass is 362 g/mol. The van der Waals surface area contributed by atoms with Gasteiger partial charge in [0.1, 0.15) is 6.10 Å². The number of benzene rings is 2. The molecule has 0 spiro atoms. The highest BCUT2D eigenvalue weighted by Gasteiger charge is 2.33. The van der Waals surface area contributed by atoms with E-state index >= 15 is 0 Å². The van der Waals surface area contributed by atoms with Crippen molar-refractivity contribution in [3.63, 3.8) is 0 Å². The molecule has 2 aromatic rings. The number of rotatable bonds is 5. The summed E-state index contributed by atoms with van der Waals surface area (Å²) in [5.74, 6) is -10.2. The van der Waals surface area contributed by atoms with Crippen LogP contribution in [0.1, 0.15) is 11.7 Å². The van der Waals surface area contributed by atoms with Gasteiger partial charge in [-0.3, -0.25) is 4.55 Å². The van der Waals surface area contributed by atoms with Gasteiger partial charge in [-0.05, 0) is 11.6 Å². The molecule has 128 valence electrons. The summed E-state index contributed by atoms with van der Waals surface area (Å²) in [6.45, 7) is 3.40. The first-order valence-corrected chi connectivity index (χ1v) is 7.80. The molecule has 1 atom stereocenters. The van der Waals surface area contributed by atoms with Crippen molar-refractivity contribution in [2.24, 2.45) is 0 Å². The fraction of sp³-hybridized carbons (Fsp3) is 0.0667. The number of hydrogen-bond donors (Lipinski definition) is 1. The highest BCUT2D eigenvalue weighted by atomic mass is 32.2. The number of hydrogen-bond acceptors (Lipinski definition) is 3. The lowest BCUT2D eigenvalue weighted by Gasteiger charge is -2.18. The number of ether oxygens (including phenoxy) is 1. The molecule has 9 heteroatoms. The Morgan fingerprint density at radius 1 is 1.00 bits per heavy atom. The van der Waals surface area contributed by atoms with Crippen molar-refractivity contribution >= 4 is 10.1 Å². The van der Waals surface area contributed by atoms with Gasteiger partial charge in [0.15, 0.2) is 22.3 Å². The SMILES string of the molecule is C=CC(Oc1c(F)c(F)c(S(=O)(=O)O)c(F)c1F)c1ccccc1. The number of halogens is 4. The Balaban J connectivity index is 2.58. The van der Waals surface area contributed by atoms with E-state index in [1.54, 1.807) is 18.2 Å². The minimum absolute atomic E-state index is 0.381. The van der Waals surface area contributed by atoms with Gasteiger partial charge in [0.2, 0.25) is 11.6 Å². The van der Waals surface area contributed by atoms with Gasteiger partial charge in [0, 0.05) is 0 Å². The summed E-state index contributed by atoms with van der Waals surface area (Å²) in [7, 11) is -5.52. The molecule has 0 saturated carbocycles. The molecule has 0 bridgehead atoms. The van der Waals surface area contributed by atoms with E-state index in [-0.39, 0.29) is 0 Å². The lowest BCUT2D eigenvalue weighted by atomic mass is 10.1. The van der Waals surface area contributed by atoms with Gasteiger partial charge in [-0.25, -0.2) is 8.78 Å². The second-order valence-corrected chi connectivity index (χ2v) is 5.93. The average molecular weight is 362 g/mol. The second-order valence-electron chi connectivity index (χ2n) is 4.57. The lowest BCUT2D eigenvalue weighted by molar-refractivity contribution is 0.219. The zero-order valence-electron chi connectivity index (χ0n) is 11.8. The summed E-state index contributed by atoms with van der Waals surface area (Å²) in [5, 5.41) is 0. The van der Waals surface area contributed by atoms with Crippen LogP contribution >= 0.6 is 0 Å². The van der Waals surface area contributed by atoms with Crippen molar-refractivity contribution in [1.82, 2.24) is 0 Å². The van der Waals surface area contributed by atoms with Gasteiger partial charge in [0.05, 0.1) is 0 Å². The maximum atomic E-state index is 13.9. The van der Waals surface area contributed by atoms with Gasteiger partial charge >= 0.3 is 10.1 Å². The third-order valence-corrected chi connectivity index (χ3v) is 3.90. The van der Waals surface area contributed by atoms with Crippen molar-refractivity contribution in [1.29, 1.82) is 0 Å². The maximum absolute atomic E-state index is 13.9. The topological polar surface area (TPSA) is 63.6 Å². The molecule has 0 heterocycles. The van der Waals surface area contributed by atoms with E-state index in [0.29, 0.717) is 5.56 Å². The van der Waals surface area contributed by atoms with Crippen molar-refractivity contribution in [2.75, 3.05) is 0 Å². The van der Waals surface area contributed by atoms with Crippen LogP contribution in [0.3, 0.4) is 0 Å². The van der Waals surface area contributed by atoms with E-state index in [4.69, 9.17) is 9.29 Å². The zero-order chi connectivity index (χ0) is 18.1.